The molecule has 0 atom stereocenters. The van der Waals surface area contributed by atoms with Crippen LogP contribution in [0.2, 0.25) is 5.02 Å². The van der Waals surface area contributed by atoms with E-state index in [0.717, 1.165) is 0 Å². The molecule has 2 aromatic heterocycles. The molecule has 1 aliphatic heterocycles. The summed E-state index contributed by atoms with van der Waals surface area (Å²) in [5, 5.41) is 0.449. The molecule has 0 amide bonds. The fourth-order valence-electron chi connectivity index (χ4n) is 3.30. The van der Waals surface area contributed by atoms with Gasteiger partial charge in [0.05, 0.1) is 25.2 Å². The average Bonchev–Trinajstić information content (AvgIpc) is 2.84. The molecule has 11 nitrogen and oxygen atoms in total. The van der Waals surface area contributed by atoms with Crippen LogP contribution in [0.1, 0.15) is 0 Å². The summed E-state index contributed by atoms with van der Waals surface area (Å²) in [6.07, 6.45) is 2.97. The molecule has 174 valence electrons. The van der Waals surface area contributed by atoms with E-state index >= 15 is 0 Å². The number of hydrogen-bond donors (Lipinski definition) is 1. The van der Waals surface area contributed by atoms with E-state index in [1.165, 1.54) is 50.9 Å². The third-order valence-electron chi connectivity index (χ3n) is 4.98. The largest absolute Gasteiger partial charge is 0.481 e. The van der Waals surface area contributed by atoms with Gasteiger partial charge in [-0.05, 0) is 24.3 Å². The molecule has 0 unspecified atom stereocenters. The van der Waals surface area contributed by atoms with Crippen LogP contribution >= 0.6 is 11.6 Å². The highest BCUT2D eigenvalue weighted by atomic mass is 35.5. The van der Waals surface area contributed by atoms with Gasteiger partial charge in [0.2, 0.25) is 17.7 Å². The highest BCUT2D eigenvalue weighted by molar-refractivity contribution is 7.92. The van der Waals surface area contributed by atoms with Crippen molar-refractivity contribution in [2.75, 3.05) is 54.9 Å². The van der Waals surface area contributed by atoms with Crippen LogP contribution in [0, 0.1) is 0 Å². The van der Waals surface area contributed by atoms with E-state index < -0.39 is 10.0 Å². The third kappa shape index (κ3) is 5.17. The molecule has 0 radical (unpaired) electrons. The van der Waals surface area contributed by atoms with Crippen LogP contribution < -0.4 is 24.0 Å². The first-order chi connectivity index (χ1) is 15.9. The average molecular weight is 492 g/mol. The second kappa shape index (κ2) is 9.63. The van der Waals surface area contributed by atoms with Gasteiger partial charge in [-0.2, -0.15) is 9.97 Å². The van der Waals surface area contributed by atoms with E-state index in [1.807, 2.05) is 9.80 Å². The van der Waals surface area contributed by atoms with Gasteiger partial charge >= 0.3 is 0 Å². The number of sulfonamides is 1. The number of benzene rings is 1. The molecule has 1 fully saturated rings. The monoisotopic (exact) mass is 491 g/mol. The van der Waals surface area contributed by atoms with Crippen molar-refractivity contribution in [3.05, 3.63) is 47.7 Å². The molecule has 3 heterocycles. The quantitative estimate of drug-likeness (QED) is 0.525. The summed E-state index contributed by atoms with van der Waals surface area (Å²) in [5.41, 5.74) is 0. The zero-order valence-electron chi connectivity index (χ0n) is 18.0. The summed E-state index contributed by atoms with van der Waals surface area (Å²) in [5.74, 6) is 1.91. The predicted octanol–water partition coefficient (Wildman–Crippen LogP) is 2.06. The van der Waals surface area contributed by atoms with Gasteiger partial charge in [-0.15, -0.1) is 0 Å². The Balaban J connectivity index is 1.50. The normalized spacial score (nSPS) is 14.2. The summed E-state index contributed by atoms with van der Waals surface area (Å²) in [6.45, 7) is 2.26. The standard InChI is InChI=1S/C20H22ClN7O4S/c1-31-16-13-17(32-2)25-20(24-16)28-11-9-27(10-12-28)19-18(22-7-8-23-19)26-33(29,30)15-5-3-14(21)4-6-15/h3-8,13H,9-12H2,1-2H3,(H,22,26). The summed E-state index contributed by atoms with van der Waals surface area (Å²) >= 11 is 5.87. The Morgan fingerprint density at radius 2 is 1.48 bits per heavy atom. The number of rotatable bonds is 7. The van der Waals surface area contributed by atoms with Crippen LogP contribution in [0.15, 0.2) is 47.6 Å². The van der Waals surface area contributed by atoms with Crippen molar-refractivity contribution in [3.63, 3.8) is 0 Å². The minimum atomic E-state index is -3.86. The SMILES string of the molecule is COc1cc(OC)nc(N2CCN(c3nccnc3NS(=O)(=O)c3ccc(Cl)cc3)CC2)n1. The van der Waals surface area contributed by atoms with Gasteiger partial charge in [0, 0.05) is 43.6 Å². The highest BCUT2D eigenvalue weighted by Gasteiger charge is 2.25. The number of aromatic nitrogens is 4. The first-order valence-electron chi connectivity index (χ1n) is 9.96. The van der Waals surface area contributed by atoms with Gasteiger partial charge in [-0.1, -0.05) is 11.6 Å². The Hall–Kier alpha value is -3.38. The maximum atomic E-state index is 12.8. The first-order valence-corrected chi connectivity index (χ1v) is 11.8. The Labute approximate surface area is 196 Å². The van der Waals surface area contributed by atoms with Gasteiger partial charge in [-0.25, -0.2) is 18.4 Å². The van der Waals surface area contributed by atoms with E-state index in [0.29, 0.717) is 54.7 Å². The van der Waals surface area contributed by atoms with Gasteiger partial charge in [0.25, 0.3) is 10.0 Å². The van der Waals surface area contributed by atoms with Gasteiger partial charge in [0.1, 0.15) is 0 Å². The number of halogens is 1. The van der Waals surface area contributed by atoms with Crippen LogP contribution in [0.3, 0.4) is 0 Å². The van der Waals surface area contributed by atoms with E-state index in [-0.39, 0.29) is 10.7 Å². The smallest absolute Gasteiger partial charge is 0.263 e. The Morgan fingerprint density at radius 1 is 0.909 bits per heavy atom. The number of anilines is 3. The number of nitrogens with one attached hydrogen (secondary N) is 1. The van der Waals surface area contributed by atoms with Crippen molar-refractivity contribution < 1.29 is 17.9 Å². The second-order valence-electron chi connectivity index (χ2n) is 7.01. The van der Waals surface area contributed by atoms with Gasteiger partial charge < -0.3 is 19.3 Å². The van der Waals surface area contributed by atoms with Gasteiger partial charge in [-0.3, -0.25) is 4.72 Å². The maximum absolute atomic E-state index is 12.8. The Kier molecular flexibility index (Phi) is 6.65. The van der Waals surface area contributed by atoms with Crippen molar-refractivity contribution in [3.8, 4) is 11.8 Å². The lowest BCUT2D eigenvalue weighted by atomic mass is 10.3. The molecule has 3 aromatic rings. The number of hydrogen-bond acceptors (Lipinski definition) is 10. The van der Waals surface area contributed by atoms with Crippen LogP contribution in [0.4, 0.5) is 17.6 Å². The fraction of sp³-hybridized carbons (Fsp3) is 0.300. The lowest BCUT2D eigenvalue weighted by Crippen LogP contribution is -2.47. The van der Waals surface area contributed by atoms with Crippen LogP contribution in [0.5, 0.6) is 11.8 Å². The van der Waals surface area contributed by atoms with E-state index in [2.05, 4.69) is 24.7 Å². The maximum Gasteiger partial charge on any atom is 0.263 e. The molecule has 13 heteroatoms. The molecule has 1 aromatic carbocycles. The summed E-state index contributed by atoms with van der Waals surface area (Å²) in [4.78, 5) is 21.4. The Morgan fingerprint density at radius 3 is 2.09 bits per heavy atom. The van der Waals surface area contributed by atoms with Crippen molar-refractivity contribution in [2.24, 2.45) is 0 Å². The molecule has 0 spiro atoms. The zero-order chi connectivity index (χ0) is 23.4. The second-order valence-corrected chi connectivity index (χ2v) is 9.13. The molecule has 1 aliphatic rings. The molecule has 4 rings (SSSR count). The molecule has 1 N–H and O–H groups in total. The molecular formula is C20H22ClN7O4S. The molecule has 33 heavy (non-hydrogen) atoms. The zero-order valence-corrected chi connectivity index (χ0v) is 19.5. The Bertz CT molecular complexity index is 1200. The summed E-state index contributed by atoms with van der Waals surface area (Å²) < 4.78 is 38.6. The number of nitrogens with zero attached hydrogens (tertiary/aromatic N) is 6. The van der Waals surface area contributed by atoms with Crippen LogP contribution in [-0.2, 0) is 10.0 Å². The molecule has 0 bridgehead atoms. The predicted molar refractivity (Wildman–Crippen MR) is 124 cm³/mol. The van der Waals surface area contributed by atoms with Crippen molar-refractivity contribution in [1.29, 1.82) is 0 Å². The molecular weight excluding hydrogens is 470 g/mol. The summed E-state index contributed by atoms with van der Waals surface area (Å²) in [7, 11) is -0.793. The molecule has 1 saturated heterocycles. The minimum Gasteiger partial charge on any atom is -0.481 e. The first kappa shape index (κ1) is 22.8. The highest BCUT2D eigenvalue weighted by Crippen LogP contribution is 2.26. The van der Waals surface area contributed by atoms with E-state index in [4.69, 9.17) is 21.1 Å². The lowest BCUT2D eigenvalue weighted by molar-refractivity contribution is 0.371. The molecule has 0 saturated carbocycles. The summed E-state index contributed by atoms with van der Waals surface area (Å²) in [6, 6.07) is 7.51. The van der Waals surface area contributed by atoms with Crippen LogP contribution in [0.25, 0.3) is 0 Å². The van der Waals surface area contributed by atoms with Crippen molar-refractivity contribution in [2.45, 2.75) is 4.90 Å². The number of ether oxygens (including phenoxy) is 2. The minimum absolute atomic E-state index is 0.0810. The van der Waals surface area contributed by atoms with Crippen molar-refractivity contribution >= 4 is 39.2 Å². The third-order valence-corrected chi connectivity index (χ3v) is 6.59. The number of methoxy groups -OCH3 is 2. The fourth-order valence-corrected chi connectivity index (χ4v) is 4.43. The van der Waals surface area contributed by atoms with E-state index in [1.54, 1.807) is 6.07 Å². The topological polar surface area (TPSA) is 123 Å². The van der Waals surface area contributed by atoms with E-state index in [9.17, 15) is 8.42 Å². The van der Waals surface area contributed by atoms with Gasteiger partial charge in [0.15, 0.2) is 11.6 Å². The lowest BCUT2D eigenvalue weighted by Gasteiger charge is -2.35. The van der Waals surface area contributed by atoms with Crippen molar-refractivity contribution in [1.82, 2.24) is 19.9 Å². The van der Waals surface area contributed by atoms with Crippen LogP contribution in [-0.4, -0.2) is 68.8 Å². The molecule has 0 aliphatic carbocycles. The number of piperazine rings is 1.